The average Bonchev–Trinajstić information content (AvgIpc) is 2.19. The Bertz CT molecular complexity index is 372. The summed E-state index contributed by atoms with van der Waals surface area (Å²) < 4.78 is 0. The van der Waals surface area contributed by atoms with Crippen molar-refractivity contribution in [2.45, 2.75) is 13.5 Å². The van der Waals surface area contributed by atoms with E-state index in [4.69, 9.17) is 17.3 Å². The molecule has 0 radical (unpaired) electrons. The van der Waals surface area contributed by atoms with Gasteiger partial charge in [-0.05, 0) is 24.1 Å². The van der Waals surface area contributed by atoms with Crippen LogP contribution in [-0.2, 0) is 6.54 Å². The van der Waals surface area contributed by atoms with Gasteiger partial charge in [0.1, 0.15) is 0 Å². The first-order valence-electron chi connectivity index (χ1n) is 4.73. The molecule has 0 aliphatic rings. The van der Waals surface area contributed by atoms with Gasteiger partial charge in [-0.2, -0.15) is 0 Å². The van der Waals surface area contributed by atoms with Crippen LogP contribution in [0, 0.1) is 6.92 Å². The molecule has 15 heavy (non-hydrogen) atoms. The van der Waals surface area contributed by atoms with Crippen molar-refractivity contribution in [2.75, 3.05) is 14.1 Å². The van der Waals surface area contributed by atoms with Crippen LogP contribution in [-0.4, -0.2) is 25.0 Å². The number of halogens is 1. The normalized spacial score (nSPS) is 11.6. The first kappa shape index (κ1) is 11.9. The molecule has 0 aromatic heterocycles. The number of hydrogen-bond donors (Lipinski definition) is 1. The zero-order valence-electron chi connectivity index (χ0n) is 9.29. The van der Waals surface area contributed by atoms with Crippen molar-refractivity contribution < 1.29 is 0 Å². The molecule has 0 spiro atoms. The molecule has 0 heterocycles. The van der Waals surface area contributed by atoms with Crippen molar-refractivity contribution in [1.29, 1.82) is 0 Å². The van der Waals surface area contributed by atoms with Crippen molar-refractivity contribution >= 4 is 17.6 Å². The summed E-state index contributed by atoms with van der Waals surface area (Å²) in [5.74, 6) is 0.530. The third-order valence-electron chi connectivity index (χ3n) is 2.10. The van der Waals surface area contributed by atoms with Crippen molar-refractivity contribution in [1.82, 2.24) is 4.90 Å². The fourth-order valence-corrected chi connectivity index (χ4v) is 1.24. The number of rotatable bonds is 2. The third-order valence-corrected chi connectivity index (χ3v) is 2.53. The molecule has 0 amide bonds. The van der Waals surface area contributed by atoms with E-state index in [1.807, 2.05) is 39.2 Å². The molecule has 0 bridgehead atoms. The first-order valence-corrected chi connectivity index (χ1v) is 5.11. The number of aryl methyl sites for hydroxylation is 1. The molecule has 1 aromatic rings. The second-order valence-electron chi connectivity index (χ2n) is 3.65. The highest BCUT2D eigenvalue weighted by atomic mass is 35.5. The monoisotopic (exact) mass is 225 g/mol. The minimum Gasteiger partial charge on any atom is -0.370 e. The number of guanidine groups is 1. The highest BCUT2D eigenvalue weighted by molar-refractivity contribution is 6.31. The van der Waals surface area contributed by atoms with E-state index >= 15 is 0 Å². The number of benzene rings is 1. The minimum absolute atomic E-state index is 0.530. The summed E-state index contributed by atoms with van der Waals surface area (Å²) in [5.41, 5.74) is 7.86. The highest BCUT2D eigenvalue weighted by Gasteiger charge is 1.98. The lowest BCUT2D eigenvalue weighted by atomic mass is 10.1. The van der Waals surface area contributed by atoms with E-state index < -0.39 is 0 Å². The molecule has 0 unspecified atom stereocenters. The molecule has 2 N–H and O–H groups in total. The predicted molar refractivity (Wildman–Crippen MR) is 65.2 cm³/mol. The summed E-state index contributed by atoms with van der Waals surface area (Å²) in [6, 6.07) is 5.87. The van der Waals surface area contributed by atoms with E-state index in [9.17, 15) is 0 Å². The quantitative estimate of drug-likeness (QED) is 0.618. The Labute approximate surface area is 95.6 Å². The summed E-state index contributed by atoms with van der Waals surface area (Å²) >= 11 is 5.93. The van der Waals surface area contributed by atoms with Crippen LogP contribution >= 0.6 is 11.6 Å². The van der Waals surface area contributed by atoms with Gasteiger partial charge in [-0.25, -0.2) is 4.99 Å². The van der Waals surface area contributed by atoms with Gasteiger partial charge in [0.25, 0.3) is 0 Å². The summed E-state index contributed by atoms with van der Waals surface area (Å²) in [6.45, 7) is 2.56. The Balaban J connectivity index is 2.74. The Morgan fingerprint density at radius 3 is 2.67 bits per heavy atom. The standard InChI is InChI=1S/C11H16ClN3/c1-8-6-9(4-5-10(8)12)7-14-11(13)15(2)3/h4-6H,7H2,1-3H3,(H2,13,14). The van der Waals surface area contributed by atoms with Gasteiger partial charge in [0.2, 0.25) is 0 Å². The second-order valence-corrected chi connectivity index (χ2v) is 4.06. The zero-order chi connectivity index (χ0) is 11.4. The van der Waals surface area contributed by atoms with Gasteiger partial charge in [-0.15, -0.1) is 0 Å². The smallest absolute Gasteiger partial charge is 0.191 e. The van der Waals surface area contributed by atoms with Gasteiger partial charge in [-0.1, -0.05) is 23.7 Å². The van der Waals surface area contributed by atoms with Crippen LogP contribution in [0.1, 0.15) is 11.1 Å². The lowest BCUT2D eigenvalue weighted by molar-refractivity contribution is 0.609. The van der Waals surface area contributed by atoms with Crippen molar-refractivity contribution in [3.8, 4) is 0 Å². The highest BCUT2D eigenvalue weighted by Crippen LogP contribution is 2.16. The van der Waals surface area contributed by atoms with E-state index in [0.717, 1.165) is 16.1 Å². The summed E-state index contributed by atoms with van der Waals surface area (Å²) in [5, 5.41) is 0.781. The zero-order valence-corrected chi connectivity index (χ0v) is 10.0. The fraction of sp³-hybridized carbons (Fsp3) is 0.364. The topological polar surface area (TPSA) is 41.6 Å². The molecule has 0 aliphatic carbocycles. The maximum absolute atomic E-state index is 5.93. The molecule has 3 nitrogen and oxygen atoms in total. The van der Waals surface area contributed by atoms with Gasteiger partial charge in [0.15, 0.2) is 5.96 Å². The van der Waals surface area contributed by atoms with Gasteiger partial charge in [0.05, 0.1) is 6.54 Å². The van der Waals surface area contributed by atoms with E-state index in [-0.39, 0.29) is 0 Å². The molecule has 0 atom stereocenters. The van der Waals surface area contributed by atoms with Crippen LogP contribution < -0.4 is 5.73 Å². The maximum atomic E-state index is 5.93. The molecule has 0 fully saturated rings. The van der Waals surface area contributed by atoms with Crippen molar-refractivity contribution in [3.63, 3.8) is 0 Å². The largest absolute Gasteiger partial charge is 0.370 e. The lowest BCUT2D eigenvalue weighted by Gasteiger charge is -2.10. The lowest BCUT2D eigenvalue weighted by Crippen LogP contribution is -2.30. The van der Waals surface area contributed by atoms with E-state index in [1.165, 1.54) is 0 Å². The molecule has 0 saturated heterocycles. The van der Waals surface area contributed by atoms with Gasteiger partial charge in [0, 0.05) is 19.1 Å². The number of nitrogens with zero attached hydrogens (tertiary/aromatic N) is 2. The van der Waals surface area contributed by atoms with Crippen LogP contribution in [0.4, 0.5) is 0 Å². The van der Waals surface area contributed by atoms with Gasteiger partial charge >= 0.3 is 0 Å². The molecule has 82 valence electrons. The second kappa shape index (κ2) is 5.03. The molecule has 1 rings (SSSR count). The Morgan fingerprint density at radius 1 is 1.47 bits per heavy atom. The SMILES string of the molecule is Cc1cc(CN=C(N)N(C)C)ccc1Cl. The van der Waals surface area contributed by atoms with Crippen LogP contribution in [0.25, 0.3) is 0 Å². The van der Waals surface area contributed by atoms with E-state index in [0.29, 0.717) is 12.5 Å². The van der Waals surface area contributed by atoms with Gasteiger partial charge < -0.3 is 10.6 Å². The molecule has 0 saturated carbocycles. The molecule has 0 aliphatic heterocycles. The molecular formula is C11H16ClN3. The van der Waals surface area contributed by atoms with Crippen molar-refractivity contribution in [3.05, 3.63) is 34.3 Å². The van der Waals surface area contributed by atoms with E-state index in [2.05, 4.69) is 4.99 Å². The maximum Gasteiger partial charge on any atom is 0.191 e. The summed E-state index contributed by atoms with van der Waals surface area (Å²) in [7, 11) is 3.73. The van der Waals surface area contributed by atoms with Gasteiger partial charge in [-0.3, -0.25) is 0 Å². The first-order chi connectivity index (χ1) is 7.00. The number of hydrogen-bond acceptors (Lipinski definition) is 1. The summed E-state index contributed by atoms with van der Waals surface area (Å²) in [4.78, 5) is 6.02. The Hall–Kier alpha value is -1.22. The van der Waals surface area contributed by atoms with Crippen LogP contribution in [0.2, 0.25) is 5.02 Å². The number of aliphatic imine (C=N–C) groups is 1. The Kier molecular flexibility index (Phi) is 3.97. The molecular weight excluding hydrogens is 210 g/mol. The predicted octanol–water partition coefficient (Wildman–Crippen LogP) is 2.02. The third kappa shape index (κ3) is 3.44. The average molecular weight is 226 g/mol. The molecule has 4 heteroatoms. The Morgan fingerprint density at radius 2 is 2.13 bits per heavy atom. The molecule has 1 aromatic carbocycles. The minimum atomic E-state index is 0.530. The van der Waals surface area contributed by atoms with Crippen LogP contribution in [0.5, 0.6) is 0 Å². The number of nitrogens with two attached hydrogens (primary N) is 1. The van der Waals surface area contributed by atoms with Crippen molar-refractivity contribution in [2.24, 2.45) is 10.7 Å². The van der Waals surface area contributed by atoms with Crippen LogP contribution in [0.15, 0.2) is 23.2 Å². The van der Waals surface area contributed by atoms with Crippen LogP contribution in [0.3, 0.4) is 0 Å². The fourth-order valence-electron chi connectivity index (χ4n) is 1.12. The van der Waals surface area contributed by atoms with E-state index in [1.54, 1.807) is 4.90 Å². The summed E-state index contributed by atoms with van der Waals surface area (Å²) in [6.07, 6.45) is 0.